The molecule has 3 aromatic rings. The van der Waals surface area contributed by atoms with Crippen molar-refractivity contribution in [1.82, 2.24) is 25.2 Å². The predicted molar refractivity (Wildman–Crippen MR) is 120 cm³/mol. The second kappa shape index (κ2) is 10.9. The van der Waals surface area contributed by atoms with Gasteiger partial charge in [0.25, 0.3) is 0 Å². The highest BCUT2D eigenvalue weighted by atomic mass is 79.9. The van der Waals surface area contributed by atoms with Gasteiger partial charge in [-0.1, -0.05) is 11.2 Å². The zero-order chi connectivity index (χ0) is 24.0. The molecule has 0 spiro atoms. The summed E-state index contributed by atoms with van der Waals surface area (Å²) in [6.45, 7) is 6.87. The van der Waals surface area contributed by atoms with E-state index in [1.165, 1.54) is 4.68 Å². The SMILES string of the molecule is CCOc1ccc(CCNC(=O)c2nc(Cn3nc([N+](=O)[O-])c(Br)c3C)no2)cc1OCC. The van der Waals surface area contributed by atoms with Crippen molar-refractivity contribution in [2.24, 2.45) is 0 Å². The monoisotopic (exact) mass is 522 g/mol. The van der Waals surface area contributed by atoms with Crippen molar-refractivity contribution in [3.63, 3.8) is 0 Å². The fourth-order valence-corrected chi connectivity index (χ4v) is 3.40. The van der Waals surface area contributed by atoms with E-state index in [-0.39, 0.29) is 28.6 Å². The third kappa shape index (κ3) is 5.86. The molecule has 0 bridgehead atoms. The van der Waals surface area contributed by atoms with E-state index >= 15 is 0 Å². The van der Waals surface area contributed by atoms with Gasteiger partial charge in [-0.15, -0.1) is 0 Å². The number of benzene rings is 1. The van der Waals surface area contributed by atoms with Crippen LogP contribution in [-0.4, -0.2) is 50.5 Å². The average Bonchev–Trinajstić information content (AvgIpc) is 3.36. The van der Waals surface area contributed by atoms with Gasteiger partial charge in [-0.3, -0.25) is 4.79 Å². The first-order valence-corrected chi connectivity index (χ1v) is 11.0. The molecule has 0 aliphatic carbocycles. The van der Waals surface area contributed by atoms with Crippen LogP contribution in [0.3, 0.4) is 0 Å². The number of halogens is 1. The number of nitrogens with one attached hydrogen (secondary N) is 1. The van der Waals surface area contributed by atoms with Gasteiger partial charge in [-0.05, 0) is 65.7 Å². The molecule has 0 radical (unpaired) electrons. The van der Waals surface area contributed by atoms with Crippen molar-refractivity contribution in [3.8, 4) is 11.5 Å². The number of rotatable bonds is 11. The van der Waals surface area contributed by atoms with Gasteiger partial charge in [0.05, 0.1) is 24.0 Å². The van der Waals surface area contributed by atoms with Gasteiger partial charge in [-0.25, -0.2) is 0 Å². The molecule has 33 heavy (non-hydrogen) atoms. The second-order valence-electron chi connectivity index (χ2n) is 6.81. The van der Waals surface area contributed by atoms with E-state index in [1.807, 2.05) is 32.0 Å². The van der Waals surface area contributed by atoms with Crippen LogP contribution in [0.2, 0.25) is 0 Å². The molecule has 2 aromatic heterocycles. The van der Waals surface area contributed by atoms with E-state index in [1.54, 1.807) is 6.92 Å². The summed E-state index contributed by atoms with van der Waals surface area (Å²) in [7, 11) is 0. The first-order chi connectivity index (χ1) is 15.8. The minimum Gasteiger partial charge on any atom is -0.490 e. The Hall–Kier alpha value is -3.48. The third-order valence-corrected chi connectivity index (χ3v) is 5.48. The molecule has 0 unspecified atom stereocenters. The quantitative estimate of drug-likeness (QED) is 0.296. The number of hydrogen-bond acceptors (Lipinski definition) is 9. The summed E-state index contributed by atoms with van der Waals surface area (Å²) < 4.78 is 17.8. The Balaban J connectivity index is 1.58. The van der Waals surface area contributed by atoms with Crippen molar-refractivity contribution < 1.29 is 23.7 Å². The molecular formula is C20H23BrN6O6. The van der Waals surface area contributed by atoms with E-state index in [0.717, 1.165) is 5.56 Å². The predicted octanol–water partition coefficient (Wildman–Crippen LogP) is 3.06. The number of carbonyl (C=O) groups is 1. The van der Waals surface area contributed by atoms with Crippen LogP contribution in [0.15, 0.2) is 27.2 Å². The normalized spacial score (nSPS) is 10.8. The number of nitro groups is 1. The van der Waals surface area contributed by atoms with Gasteiger partial charge in [0, 0.05) is 6.54 Å². The molecule has 0 fully saturated rings. The second-order valence-corrected chi connectivity index (χ2v) is 7.60. The average molecular weight is 523 g/mol. The molecule has 176 valence electrons. The Labute approximate surface area is 197 Å². The molecule has 2 heterocycles. The third-order valence-electron chi connectivity index (χ3n) is 4.55. The Bertz CT molecular complexity index is 1140. The van der Waals surface area contributed by atoms with Crippen LogP contribution >= 0.6 is 15.9 Å². The molecular weight excluding hydrogens is 500 g/mol. The largest absolute Gasteiger partial charge is 0.490 e. The molecule has 0 atom stereocenters. The zero-order valence-corrected chi connectivity index (χ0v) is 19.9. The summed E-state index contributed by atoms with van der Waals surface area (Å²) in [6, 6.07) is 5.64. The van der Waals surface area contributed by atoms with Crippen LogP contribution in [0.5, 0.6) is 11.5 Å². The number of nitrogens with zero attached hydrogens (tertiary/aromatic N) is 5. The van der Waals surface area contributed by atoms with Gasteiger partial charge in [0.2, 0.25) is 0 Å². The molecule has 13 heteroatoms. The van der Waals surface area contributed by atoms with Crippen molar-refractivity contribution >= 4 is 27.7 Å². The topological polar surface area (TPSA) is 147 Å². The van der Waals surface area contributed by atoms with Gasteiger partial charge in [0.1, 0.15) is 11.0 Å². The van der Waals surface area contributed by atoms with Gasteiger partial charge >= 0.3 is 17.6 Å². The lowest BCUT2D eigenvalue weighted by Crippen LogP contribution is -2.26. The molecule has 0 saturated heterocycles. The van der Waals surface area contributed by atoms with Crippen LogP contribution < -0.4 is 14.8 Å². The van der Waals surface area contributed by atoms with Crippen molar-refractivity contribution in [3.05, 3.63) is 55.8 Å². The van der Waals surface area contributed by atoms with E-state index in [9.17, 15) is 14.9 Å². The van der Waals surface area contributed by atoms with E-state index in [2.05, 4.69) is 36.5 Å². The fourth-order valence-electron chi connectivity index (χ4n) is 2.97. The van der Waals surface area contributed by atoms with Crippen LogP contribution in [0, 0.1) is 17.0 Å². The Kier molecular flexibility index (Phi) is 7.98. The molecule has 12 nitrogen and oxygen atoms in total. The Morgan fingerprint density at radius 2 is 2.00 bits per heavy atom. The highest BCUT2D eigenvalue weighted by Gasteiger charge is 2.25. The van der Waals surface area contributed by atoms with Gasteiger partial charge in [-0.2, -0.15) is 9.67 Å². The van der Waals surface area contributed by atoms with E-state index in [4.69, 9.17) is 14.0 Å². The van der Waals surface area contributed by atoms with Crippen molar-refractivity contribution in [2.75, 3.05) is 19.8 Å². The number of carbonyl (C=O) groups excluding carboxylic acids is 1. The molecule has 3 rings (SSSR count). The maximum Gasteiger partial charge on any atom is 0.404 e. The lowest BCUT2D eigenvalue weighted by atomic mass is 10.1. The molecule has 0 aliphatic heterocycles. The first-order valence-electron chi connectivity index (χ1n) is 10.2. The summed E-state index contributed by atoms with van der Waals surface area (Å²) in [5, 5.41) is 21.4. The fraction of sp³-hybridized carbons (Fsp3) is 0.400. The summed E-state index contributed by atoms with van der Waals surface area (Å²) >= 11 is 3.15. The van der Waals surface area contributed by atoms with Gasteiger partial charge in [0.15, 0.2) is 17.3 Å². The van der Waals surface area contributed by atoms with Crippen molar-refractivity contribution in [2.45, 2.75) is 33.7 Å². The molecule has 0 aliphatic rings. The highest BCUT2D eigenvalue weighted by Crippen LogP contribution is 2.29. The highest BCUT2D eigenvalue weighted by molar-refractivity contribution is 9.10. The number of aromatic nitrogens is 4. The minimum absolute atomic E-state index is 0.0153. The maximum atomic E-state index is 12.4. The summed E-state index contributed by atoms with van der Waals surface area (Å²) in [5.74, 6) is 0.469. The lowest BCUT2D eigenvalue weighted by molar-refractivity contribution is -0.390. The first kappa shape index (κ1) is 24.2. The molecule has 0 saturated carbocycles. The molecule has 1 aromatic carbocycles. The van der Waals surface area contributed by atoms with Crippen LogP contribution in [0.4, 0.5) is 5.82 Å². The van der Waals surface area contributed by atoms with E-state index < -0.39 is 10.8 Å². The number of amides is 1. The summed E-state index contributed by atoms with van der Waals surface area (Å²) in [6.07, 6.45) is 0.559. The van der Waals surface area contributed by atoms with Crippen molar-refractivity contribution in [1.29, 1.82) is 0 Å². The van der Waals surface area contributed by atoms with Crippen LogP contribution in [0.25, 0.3) is 0 Å². The standard InChI is InChI=1S/C20H23BrN6O6/c1-4-31-14-7-6-13(10-15(14)32-5-2)8-9-22-19(28)20-23-16(25-33-20)11-26-12(3)17(21)18(24-26)27(29)30/h6-7,10H,4-5,8-9,11H2,1-3H3,(H,22,28). The lowest BCUT2D eigenvalue weighted by Gasteiger charge is -2.12. The maximum absolute atomic E-state index is 12.4. The van der Waals surface area contributed by atoms with Crippen LogP contribution in [-0.2, 0) is 13.0 Å². The van der Waals surface area contributed by atoms with Gasteiger partial charge < -0.3 is 29.4 Å². The number of ether oxygens (including phenoxy) is 2. The van der Waals surface area contributed by atoms with Crippen LogP contribution in [0.1, 0.15) is 41.6 Å². The molecule has 1 N–H and O–H groups in total. The Morgan fingerprint density at radius 3 is 2.67 bits per heavy atom. The molecule has 1 amide bonds. The summed E-state index contributed by atoms with van der Waals surface area (Å²) in [5.41, 5.74) is 1.49. The minimum atomic E-state index is -0.593. The Morgan fingerprint density at radius 1 is 1.27 bits per heavy atom. The smallest absolute Gasteiger partial charge is 0.404 e. The van der Waals surface area contributed by atoms with E-state index in [0.29, 0.717) is 43.4 Å². The summed E-state index contributed by atoms with van der Waals surface area (Å²) in [4.78, 5) is 26.8. The zero-order valence-electron chi connectivity index (χ0n) is 18.3. The number of hydrogen-bond donors (Lipinski definition) is 1.